The Morgan fingerprint density at radius 1 is 1.10 bits per heavy atom. The van der Waals surface area contributed by atoms with Crippen LogP contribution in [0.15, 0.2) is 75.4 Å². The van der Waals surface area contributed by atoms with Crippen LogP contribution in [0.1, 0.15) is 35.3 Å². The smallest absolute Gasteiger partial charge is 0.251 e. The standard InChI is InChI=1S/C24H20ClFN2OS/c1-14(2)13-27-24(29)16-8-10-22-20(12-16)28-23(15-7-9-18(25)19(26)11-15)17-5-3-4-6-21(17)30-22/h3-12,14H,13H2,1-2H3,(H,27,29). The molecule has 1 aliphatic heterocycles. The number of benzene rings is 3. The first-order valence-electron chi connectivity index (χ1n) is 9.66. The molecule has 0 spiro atoms. The van der Waals surface area contributed by atoms with Gasteiger partial charge < -0.3 is 5.32 Å². The minimum Gasteiger partial charge on any atom is -0.352 e. The van der Waals surface area contributed by atoms with E-state index in [1.165, 1.54) is 12.1 Å². The van der Waals surface area contributed by atoms with Crippen LogP contribution in [0, 0.1) is 11.7 Å². The molecule has 1 heterocycles. The average molecular weight is 439 g/mol. The Balaban J connectivity index is 1.82. The number of hydrogen-bond donors (Lipinski definition) is 1. The molecule has 0 saturated carbocycles. The number of nitrogens with one attached hydrogen (secondary N) is 1. The van der Waals surface area contributed by atoms with Gasteiger partial charge in [0.15, 0.2) is 0 Å². The summed E-state index contributed by atoms with van der Waals surface area (Å²) in [6.45, 7) is 4.70. The van der Waals surface area contributed by atoms with Gasteiger partial charge in [0.25, 0.3) is 5.91 Å². The Hall–Kier alpha value is -2.63. The Kier molecular flexibility index (Phi) is 5.93. The summed E-state index contributed by atoms with van der Waals surface area (Å²) < 4.78 is 14.2. The van der Waals surface area contributed by atoms with E-state index in [2.05, 4.69) is 5.32 Å². The summed E-state index contributed by atoms with van der Waals surface area (Å²) in [6, 6.07) is 18.1. The second-order valence-electron chi connectivity index (χ2n) is 7.47. The molecule has 3 nitrogen and oxygen atoms in total. The lowest BCUT2D eigenvalue weighted by atomic mass is 10.0. The van der Waals surface area contributed by atoms with E-state index in [1.54, 1.807) is 23.9 Å². The molecular weight excluding hydrogens is 419 g/mol. The second-order valence-corrected chi connectivity index (χ2v) is 8.96. The van der Waals surface area contributed by atoms with E-state index in [4.69, 9.17) is 16.6 Å². The van der Waals surface area contributed by atoms with Crippen molar-refractivity contribution in [2.24, 2.45) is 10.9 Å². The lowest BCUT2D eigenvalue weighted by Gasteiger charge is -2.10. The third kappa shape index (κ3) is 4.27. The minimum absolute atomic E-state index is 0.0696. The van der Waals surface area contributed by atoms with Crippen LogP contribution in [-0.4, -0.2) is 18.2 Å². The zero-order chi connectivity index (χ0) is 21.3. The summed E-state index contributed by atoms with van der Waals surface area (Å²) in [5, 5.41) is 3.01. The monoisotopic (exact) mass is 438 g/mol. The van der Waals surface area contributed by atoms with Crippen LogP contribution in [0.5, 0.6) is 0 Å². The summed E-state index contributed by atoms with van der Waals surface area (Å²) in [5.41, 5.74) is 3.41. The molecule has 0 radical (unpaired) electrons. The Labute approximate surface area is 184 Å². The van der Waals surface area contributed by atoms with Crippen LogP contribution in [0.25, 0.3) is 0 Å². The zero-order valence-corrected chi connectivity index (χ0v) is 18.2. The van der Waals surface area contributed by atoms with E-state index >= 15 is 0 Å². The summed E-state index contributed by atoms with van der Waals surface area (Å²) >= 11 is 7.46. The Bertz CT molecular complexity index is 1160. The maximum Gasteiger partial charge on any atom is 0.251 e. The Morgan fingerprint density at radius 2 is 1.90 bits per heavy atom. The van der Waals surface area contributed by atoms with Gasteiger partial charge in [-0.1, -0.05) is 61.5 Å². The third-order valence-electron chi connectivity index (χ3n) is 4.68. The third-order valence-corrected chi connectivity index (χ3v) is 6.13. The lowest BCUT2D eigenvalue weighted by Crippen LogP contribution is -2.27. The topological polar surface area (TPSA) is 41.5 Å². The number of aliphatic imine (C=N–C) groups is 1. The molecule has 6 heteroatoms. The molecule has 0 bridgehead atoms. The number of carbonyl (C=O) groups is 1. The molecule has 0 atom stereocenters. The SMILES string of the molecule is CC(C)CNC(=O)c1ccc2c(c1)N=C(c1ccc(Cl)c(F)c1)c1ccccc1S2. The molecular formula is C24H20ClFN2OS. The first-order chi connectivity index (χ1) is 14.4. The first kappa shape index (κ1) is 20.6. The molecule has 1 amide bonds. The molecule has 0 saturated heterocycles. The van der Waals surface area contributed by atoms with Gasteiger partial charge in [-0.3, -0.25) is 4.79 Å². The van der Waals surface area contributed by atoms with Gasteiger partial charge in [-0.2, -0.15) is 0 Å². The fourth-order valence-electron chi connectivity index (χ4n) is 3.15. The summed E-state index contributed by atoms with van der Waals surface area (Å²) in [6.07, 6.45) is 0. The minimum atomic E-state index is -0.492. The number of halogens is 2. The van der Waals surface area contributed by atoms with Crippen molar-refractivity contribution in [1.82, 2.24) is 5.32 Å². The van der Waals surface area contributed by atoms with Crippen molar-refractivity contribution in [3.05, 3.63) is 88.2 Å². The number of hydrogen-bond acceptors (Lipinski definition) is 3. The molecule has 0 fully saturated rings. The van der Waals surface area contributed by atoms with Crippen molar-refractivity contribution in [2.75, 3.05) is 6.54 Å². The quantitative estimate of drug-likeness (QED) is 0.395. The molecule has 1 N–H and O–H groups in total. The molecule has 0 aromatic heterocycles. The van der Waals surface area contributed by atoms with Crippen molar-refractivity contribution in [3.8, 4) is 0 Å². The molecule has 3 aromatic carbocycles. The fraction of sp³-hybridized carbons (Fsp3) is 0.167. The predicted octanol–water partition coefficient (Wildman–Crippen LogP) is 6.50. The van der Waals surface area contributed by atoms with Crippen LogP contribution < -0.4 is 5.32 Å². The summed E-state index contributed by atoms with van der Waals surface area (Å²) in [5.74, 6) is -0.259. The van der Waals surface area contributed by atoms with Crippen molar-refractivity contribution >= 4 is 40.7 Å². The number of nitrogens with zero attached hydrogens (tertiary/aromatic N) is 1. The van der Waals surface area contributed by atoms with Gasteiger partial charge in [0.1, 0.15) is 5.82 Å². The molecule has 152 valence electrons. The van der Waals surface area contributed by atoms with E-state index in [1.807, 2.05) is 50.2 Å². The van der Waals surface area contributed by atoms with Gasteiger partial charge in [0, 0.05) is 33.0 Å². The number of rotatable bonds is 4. The number of carbonyl (C=O) groups excluding carboxylic acids is 1. The molecule has 30 heavy (non-hydrogen) atoms. The van der Waals surface area contributed by atoms with E-state index in [0.717, 1.165) is 15.4 Å². The van der Waals surface area contributed by atoms with E-state index in [0.29, 0.717) is 35.0 Å². The fourth-order valence-corrected chi connectivity index (χ4v) is 4.27. The van der Waals surface area contributed by atoms with Crippen molar-refractivity contribution < 1.29 is 9.18 Å². The van der Waals surface area contributed by atoms with Gasteiger partial charge in [0.05, 0.1) is 16.4 Å². The predicted molar refractivity (Wildman–Crippen MR) is 121 cm³/mol. The van der Waals surface area contributed by atoms with Gasteiger partial charge in [0.2, 0.25) is 0 Å². The molecule has 0 aliphatic carbocycles. The second kappa shape index (κ2) is 8.62. The van der Waals surface area contributed by atoms with Gasteiger partial charge in [-0.25, -0.2) is 9.38 Å². The summed E-state index contributed by atoms with van der Waals surface area (Å²) in [4.78, 5) is 19.4. The van der Waals surface area contributed by atoms with Crippen LogP contribution >= 0.6 is 23.4 Å². The van der Waals surface area contributed by atoms with Crippen LogP contribution in [0.3, 0.4) is 0 Å². The Morgan fingerprint density at radius 3 is 2.67 bits per heavy atom. The first-order valence-corrected chi connectivity index (χ1v) is 10.9. The highest BCUT2D eigenvalue weighted by Gasteiger charge is 2.20. The van der Waals surface area contributed by atoms with Gasteiger partial charge in [-0.05, 0) is 42.3 Å². The maximum absolute atomic E-state index is 14.2. The maximum atomic E-state index is 14.2. The number of fused-ring (bicyclic) bond motifs is 2. The van der Waals surface area contributed by atoms with Gasteiger partial charge >= 0.3 is 0 Å². The van der Waals surface area contributed by atoms with Crippen LogP contribution in [-0.2, 0) is 0 Å². The van der Waals surface area contributed by atoms with Crippen molar-refractivity contribution in [3.63, 3.8) is 0 Å². The van der Waals surface area contributed by atoms with E-state index < -0.39 is 5.82 Å². The molecule has 1 aliphatic rings. The highest BCUT2D eigenvalue weighted by molar-refractivity contribution is 7.99. The normalized spacial score (nSPS) is 12.6. The van der Waals surface area contributed by atoms with E-state index in [-0.39, 0.29) is 10.9 Å². The number of amides is 1. The lowest BCUT2D eigenvalue weighted by molar-refractivity contribution is 0.0949. The summed E-state index contributed by atoms with van der Waals surface area (Å²) in [7, 11) is 0. The van der Waals surface area contributed by atoms with Crippen LogP contribution in [0.2, 0.25) is 5.02 Å². The highest BCUT2D eigenvalue weighted by atomic mass is 35.5. The van der Waals surface area contributed by atoms with Gasteiger partial charge in [-0.15, -0.1) is 0 Å². The highest BCUT2D eigenvalue weighted by Crippen LogP contribution is 2.41. The van der Waals surface area contributed by atoms with Crippen LogP contribution in [0.4, 0.5) is 10.1 Å². The molecule has 0 unspecified atom stereocenters. The van der Waals surface area contributed by atoms with E-state index in [9.17, 15) is 9.18 Å². The van der Waals surface area contributed by atoms with Crippen molar-refractivity contribution in [2.45, 2.75) is 23.6 Å². The zero-order valence-electron chi connectivity index (χ0n) is 16.6. The average Bonchev–Trinajstić information content (AvgIpc) is 2.90. The molecule has 4 rings (SSSR count). The largest absolute Gasteiger partial charge is 0.352 e. The molecule has 3 aromatic rings. The van der Waals surface area contributed by atoms with Crippen molar-refractivity contribution in [1.29, 1.82) is 0 Å².